The van der Waals surface area contributed by atoms with Gasteiger partial charge in [0.15, 0.2) is 0 Å². The molecule has 0 aromatic heterocycles. The van der Waals surface area contributed by atoms with Crippen LogP contribution >= 0.6 is 27.7 Å². The Bertz CT molecular complexity index is 434. The second kappa shape index (κ2) is 5.36. The molecule has 86 valence electrons. The molecule has 0 heterocycles. The molecule has 0 aliphatic rings. The number of carbonyl (C=O) groups excluding carboxylic acids is 1. The number of nitrogens with zero attached hydrogens (tertiary/aromatic N) is 1. The molecule has 0 aliphatic heterocycles. The molecule has 0 unspecified atom stereocenters. The molecule has 1 aromatic rings. The number of thioether (sulfide) groups is 1. The summed E-state index contributed by atoms with van der Waals surface area (Å²) >= 11 is 4.14. The van der Waals surface area contributed by atoms with Crippen molar-refractivity contribution in [2.75, 3.05) is 14.1 Å². The molecular formula is C10H10BrNO3S. The van der Waals surface area contributed by atoms with Crippen LogP contribution in [-0.4, -0.2) is 35.3 Å². The smallest absolute Gasteiger partial charge is 0.336 e. The Morgan fingerprint density at radius 3 is 2.50 bits per heavy atom. The van der Waals surface area contributed by atoms with Crippen LogP contribution in [0.4, 0.5) is 4.79 Å². The van der Waals surface area contributed by atoms with E-state index in [0.29, 0.717) is 4.90 Å². The summed E-state index contributed by atoms with van der Waals surface area (Å²) in [6.07, 6.45) is 0. The predicted molar refractivity (Wildman–Crippen MR) is 66.0 cm³/mol. The van der Waals surface area contributed by atoms with E-state index in [2.05, 4.69) is 15.9 Å². The fourth-order valence-corrected chi connectivity index (χ4v) is 2.28. The summed E-state index contributed by atoms with van der Waals surface area (Å²) in [5.41, 5.74) is 0.128. The molecule has 0 aliphatic carbocycles. The third kappa shape index (κ3) is 3.24. The Morgan fingerprint density at radius 2 is 2.00 bits per heavy atom. The quantitative estimate of drug-likeness (QED) is 0.854. The Labute approximate surface area is 106 Å². The topological polar surface area (TPSA) is 57.6 Å². The van der Waals surface area contributed by atoms with Gasteiger partial charge in [-0.1, -0.05) is 15.9 Å². The standard InChI is InChI=1S/C10H10BrNO3S/c1-12(2)10(15)16-8-5-6(11)3-4-7(8)9(13)14/h3-5H,1-2H3,(H,13,14). The molecule has 0 bridgehead atoms. The molecule has 16 heavy (non-hydrogen) atoms. The van der Waals surface area contributed by atoms with E-state index in [0.717, 1.165) is 16.2 Å². The minimum atomic E-state index is -1.04. The molecule has 0 saturated heterocycles. The summed E-state index contributed by atoms with van der Waals surface area (Å²) < 4.78 is 0.742. The van der Waals surface area contributed by atoms with Crippen LogP contribution in [-0.2, 0) is 0 Å². The lowest BCUT2D eigenvalue weighted by molar-refractivity contribution is 0.0693. The van der Waals surface area contributed by atoms with Crippen molar-refractivity contribution in [2.45, 2.75) is 4.90 Å². The summed E-state index contributed by atoms with van der Waals surface area (Å²) in [6.45, 7) is 0. The van der Waals surface area contributed by atoms with Crippen molar-refractivity contribution in [3.05, 3.63) is 28.2 Å². The maximum Gasteiger partial charge on any atom is 0.336 e. The van der Waals surface area contributed by atoms with Crippen LogP contribution in [0, 0.1) is 0 Å². The number of carboxylic acid groups (broad SMARTS) is 1. The van der Waals surface area contributed by atoms with Gasteiger partial charge in [0.25, 0.3) is 5.24 Å². The summed E-state index contributed by atoms with van der Waals surface area (Å²) in [7, 11) is 3.24. The minimum absolute atomic E-state index is 0.128. The van der Waals surface area contributed by atoms with E-state index in [1.165, 1.54) is 11.0 Å². The van der Waals surface area contributed by atoms with Crippen molar-refractivity contribution in [3.8, 4) is 0 Å². The van der Waals surface area contributed by atoms with E-state index in [1.54, 1.807) is 26.2 Å². The van der Waals surface area contributed by atoms with Gasteiger partial charge in [-0.3, -0.25) is 4.79 Å². The maximum absolute atomic E-state index is 11.5. The third-order valence-corrected chi connectivity index (χ3v) is 3.33. The van der Waals surface area contributed by atoms with Gasteiger partial charge in [-0.05, 0) is 30.0 Å². The van der Waals surface area contributed by atoms with Crippen molar-refractivity contribution < 1.29 is 14.7 Å². The highest BCUT2D eigenvalue weighted by Crippen LogP contribution is 2.28. The average molecular weight is 304 g/mol. The number of benzene rings is 1. The molecule has 1 aromatic carbocycles. The highest BCUT2D eigenvalue weighted by atomic mass is 79.9. The lowest BCUT2D eigenvalue weighted by atomic mass is 10.2. The number of amides is 1. The number of halogens is 1. The molecule has 0 saturated carbocycles. The Morgan fingerprint density at radius 1 is 1.38 bits per heavy atom. The molecule has 4 nitrogen and oxygen atoms in total. The van der Waals surface area contributed by atoms with Gasteiger partial charge < -0.3 is 10.0 Å². The number of rotatable bonds is 2. The Balaban J connectivity index is 3.06. The zero-order valence-electron chi connectivity index (χ0n) is 8.73. The van der Waals surface area contributed by atoms with Gasteiger partial charge in [0.2, 0.25) is 0 Å². The number of carbonyl (C=O) groups is 2. The molecule has 1 amide bonds. The largest absolute Gasteiger partial charge is 0.478 e. The lowest BCUT2D eigenvalue weighted by Crippen LogP contribution is -2.16. The Hall–Kier alpha value is -1.01. The van der Waals surface area contributed by atoms with Gasteiger partial charge in [0.05, 0.1) is 5.56 Å². The van der Waals surface area contributed by atoms with Crippen molar-refractivity contribution >= 4 is 38.9 Å². The van der Waals surface area contributed by atoms with Crippen LogP contribution in [0.5, 0.6) is 0 Å². The molecule has 6 heteroatoms. The second-order valence-corrected chi connectivity index (χ2v) is 5.12. The first-order chi connectivity index (χ1) is 7.41. The first-order valence-electron chi connectivity index (χ1n) is 4.34. The zero-order chi connectivity index (χ0) is 12.3. The van der Waals surface area contributed by atoms with Crippen molar-refractivity contribution in [2.24, 2.45) is 0 Å². The monoisotopic (exact) mass is 303 g/mol. The number of carboxylic acids is 1. The van der Waals surface area contributed by atoms with E-state index < -0.39 is 5.97 Å². The molecular weight excluding hydrogens is 294 g/mol. The number of hydrogen-bond acceptors (Lipinski definition) is 3. The number of hydrogen-bond donors (Lipinski definition) is 1. The summed E-state index contributed by atoms with van der Waals surface area (Å²) in [5, 5.41) is 8.75. The van der Waals surface area contributed by atoms with Crippen LogP contribution in [0.1, 0.15) is 10.4 Å². The van der Waals surface area contributed by atoms with Gasteiger partial charge in [-0.2, -0.15) is 0 Å². The first kappa shape index (κ1) is 13.1. The Kier molecular flexibility index (Phi) is 4.37. The van der Waals surface area contributed by atoms with Gasteiger partial charge in [-0.15, -0.1) is 0 Å². The van der Waals surface area contributed by atoms with Crippen molar-refractivity contribution in [3.63, 3.8) is 0 Å². The van der Waals surface area contributed by atoms with Gasteiger partial charge in [-0.25, -0.2) is 4.79 Å². The minimum Gasteiger partial charge on any atom is -0.478 e. The highest BCUT2D eigenvalue weighted by molar-refractivity contribution is 9.10. The predicted octanol–water partition coefficient (Wildman–Crippen LogP) is 2.92. The molecule has 0 radical (unpaired) electrons. The summed E-state index contributed by atoms with van der Waals surface area (Å²) in [6, 6.07) is 4.72. The van der Waals surface area contributed by atoms with Gasteiger partial charge in [0.1, 0.15) is 0 Å². The maximum atomic E-state index is 11.5. The molecule has 1 rings (SSSR count). The average Bonchev–Trinajstić information content (AvgIpc) is 2.16. The fourth-order valence-electron chi connectivity index (χ4n) is 0.943. The van der Waals surface area contributed by atoms with E-state index in [1.807, 2.05) is 0 Å². The first-order valence-corrected chi connectivity index (χ1v) is 5.94. The van der Waals surface area contributed by atoms with E-state index >= 15 is 0 Å². The molecule has 1 N–H and O–H groups in total. The summed E-state index contributed by atoms with van der Waals surface area (Å²) in [4.78, 5) is 24.2. The van der Waals surface area contributed by atoms with Crippen LogP contribution in [0.3, 0.4) is 0 Å². The highest BCUT2D eigenvalue weighted by Gasteiger charge is 2.15. The van der Waals surface area contributed by atoms with Crippen LogP contribution in [0.15, 0.2) is 27.6 Å². The third-order valence-electron chi connectivity index (χ3n) is 1.74. The molecule has 0 spiro atoms. The lowest BCUT2D eigenvalue weighted by Gasteiger charge is -2.10. The summed E-state index contributed by atoms with van der Waals surface area (Å²) in [5.74, 6) is -1.04. The van der Waals surface area contributed by atoms with E-state index in [4.69, 9.17) is 5.11 Å². The molecule has 0 fully saturated rings. The van der Waals surface area contributed by atoms with E-state index in [-0.39, 0.29) is 10.8 Å². The van der Waals surface area contributed by atoms with E-state index in [9.17, 15) is 9.59 Å². The SMILES string of the molecule is CN(C)C(=O)Sc1cc(Br)ccc1C(=O)O. The zero-order valence-corrected chi connectivity index (χ0v) is 11.1. The van der Waals surface area contributed by atoms with Crippen LogP contribution in [0.25, 0.3) is 0 Å². The second-order valence-electron chi connectivity index (χ2n) is 3.21. The normalized spacial score (nSPS) is 9.94. The van der Waals surface area contributed by atoms with Crippen LogP contribution in [0.2, 0.25) is 0 Å². The number of aromatic carboxylic acids is 1. The van der Waals surface area contributed by atoms with Crippen molar-refractivity contribution in [1.29, 1.82) is 0 Å². The van der Waals surface area contributed by atoms with Gasteiger partial charge in [0, 0.05) is 23.5 Å². The van der Waals surface area contributed by atoms with Gasteiger partial charge >= 0.3 is 5.97 Å². The fraction of sp³-hybridized carbons (Fsp3) is 0.200. The van der Waals surface area contributed by atoms with Crippen LogP contribution < -0.4 is 0 Å². The van der Waals surface area contributed by atoms with Crippen molar-refractivity contribution in [1.82, 2.24) is 4.90 Å². The molecule has 0 atom stereocenters.